The van der Waals surface area contributed by atoms with E-state index in [1.165, 1.54) is 30.8 Å². The van der Waals surface area contributed by atoms with Crippen LogP contribution in [0.15, 0.2) is 11.4 Å². The molecular formula is C12H17N3S. The van der Waals surface area contributed by atoms with Gasteiger partial charge in [0.25, 0.3) is 0 Å². The van der Waals surface area contributed by atoms with Crippen molar-refractivity contribution in [3.63, 3.8) is 0 Å². The molecule has 0 aromatic carbocycles. The van der Waals surface area contributed by atoms with Crippen molar-refractivity contribution in [2.75, 3.05) is 20.1 Å². The lowest BCUT2D eigenvalue weighted by atomic mass is 10.1. The molecular weight excluding hydrogens is 218 g/mol. The zero-order valence-corrected chi connectivity index (χ0v) is 10.4. The van der Waals surface area contributed by atoms with E-state index in [1.54, 1.807) is 11.3 Å². The van der Waals surface area contributed by atoms with Gasteiger partial charge in [0, 0.05) is 22.8 Å². The Labute approximate surface area is 101 Å². The molecule has 0 amide bonds. The maximum atomic E-state index is 8.73. The molecule has 0 saturated carbocycles. The van der Waals surface area contributed by atoms with Crippen LogP contribution in [-0.4, -0.2) is 31.1 Å². The standard InChI is InChI=1S/C12H17N3S/c1-15-4-2-11(3-5-15)14-8-12-6-10(7-13)9-16-12/h6,9,11,14H,2-5,8H2,1H3. The van der Waals surface area contributed by atoms with Crippen molar-refractivity contribution in [3.05, 3.63) is 21.9 Å². The summed E-state index contributed by atoms with van der Waals surface area (Å²) in [4.78, 5) is 3.63. The molecule has 1 N–H and O–H groups in total. The van der Waals surface area contributed by atoms with Gasteiger partial charge in [-0.3, -0.25) is 0 Å². The molecule has 0 atom stereocenters. The van der Waals surface area contributed by atoms with Crippen molar-refractivity contribution in [2.24, 2.45) is 0 Å². The summed E-state index contributed by atoms with van der Waals surface area (Å²) in [6.07, 6.45) is 2.46. The average molecular weight is 235 g/mol. The molecule has 3 nitrogen and oxygen atoms in total. The Hall–Kier alpha value is -0.890. The third-order valence-electron chi connectivity index (χ3n) is 3.07. The lowest BCUT2D eigenvalue weighted by Crippen LogP contribution is -2.40. The van der Waals surface area contributed by atoms with Gasteiger partial charge in [0.2, 0.25) is 0 Å². The van der Waals surface area contributed by atoms with Gasteiger partial charge in [0.05, 0.1) is 5.56 Å². The molecule has 0 bridgehead atoms. The number of nitrogens with one attached hydrogen (secondary N) is 1. The summed E-state index contributed by atoms with van der Waals surface area (Å²) in [5, 5.41) is 14.2. The maximum absolute atomic E-state index is 8.73. The number of likely N-dealkylation sites (tertiary alicyclic amines) is 1. The second kappa shape index (κ2) is 5.44. The molecule has 1 aliphatic heterocycles. The number of hydrogen-bond acceptors (Lipinski definition) is 4. The molecule has 0 radical (unpaired) electrons. The smallest absolute Gasteiger partial charge is 0.100 e. The molecule has 1 aliphatic rings. The maximum Gasteiger partial charge on any atom is 0.100 e. The van der Waals surface area contributed by atoms with Crippen LogP contribution in [0.25, 0.3) is 0 Å². The Kier molecular flexibility index (Phi) is 3.94. The fraction of sp³-hybridized carbons (Fsp3) is 0.583. The van der Waals surface area contributed by atoms with E-state index in [2.05, 4.69) is 23.3 Å². The summed E-state index contributed by atoms with van der Waals surface area (Å²) in [7, 11) is 2.18. The lowest BCUT2D eigenvalue weighted by molar-refractivity contribution is 0.234. The fourth-order valence-electron chi connectivity index (χ4n) is 1.99. The zero-order valence-electron chi connectivity index (χ0n) is 9.57. The van der Waals surface area contributed by atoms with E-state index in [0.717, 1.165) is 12.1 Å². The van der Waals surface area contributed by atoms with Gasteiger partial charge in [-0.1, -0.05) is 0 Å². The van der Waals surface area contributed by atoms with Crippen molar-refractivity contribution in [3.8, 4) is 6.07 Å². The van der Waals surface area contributed by atoms with E-state index in [-0.39, 0.29) is 0 Å². The van der Waals surface area contributed by atoms with E-state index in [1.807, 2.05) is 11.4 Å². The minimum atomic E-state index is 0.642. The van der Waals surface area contributed by atoms with E-state index >= 15 is 0 Å². The van der Waals surface area contributed by atoms with Gasteiger partial charge >= 0.3 is 0 Å². The van der Waals surface area contributed by atoms with Gasteiger partial charge < -0.3 is 10.2 Å². The van der Waals surface area contributed by atoms with Crippen LogP contribution >= 0.6 is 11.3 Å². The first-order valence-electron chi connectivity index (χ1n) is 5.67. The van der Waals surface area contributed by atoms with Crippen LogP contribution in [0, 0.1) is 11.3 Å². The SMILES string of the molecule is CN1CCC(NCc2cc(C#N)cs2)CC1. The van der Waals surface area contributed by atoms with E-state index in [4.69, 9.17) is 5.26 Å². The predicted molar refractivity (Wildman–Crippen MR) is 66.4 cm³/mol. The van der Waals surface area contributed by atoms with Crippen LogP contribution in [0.4, 0.5) is 0 Å². The van der Waals surface area contributed by atoms with Crippen LogP contribution in [-0.2, 0) is 6.54 Å². The second-order valence-corrected chi connectivity index (χ2v) is 5.37. The number of nitrogens with zero attached hydrogens (tertiary/aromatic N) is 2. The Bertz CT molecular complexity index is 372. The van der Waals surface area contributed by atoms with Gasteiger partial charge in [-0.25, -0.2) is 0 Å². The Balaban J connectivity index is 1.77. The molecule has 0 unspecified atom stereocenters. The van der Waals surface area contributed by atoms with Gasteiger partial charge in [0.1, 0.15) is 6.07 Å². The van der Waals surface area contributed by atoms with Crippen LogP contribution in [0.3, 0.4) is 0 Å². The Morgan fingerprint density at radius 2 is 2.31 bits per heavy atom. The molecule has 0 aliphatic carbocycles. The van der Waals surface area contributed by atoms with E-state index < -0.39 is 0 Å². The van der Waals surface area contributed by atoms with Crippen LogP contribution < -0.4 is 5.32 Å². The summed E-state index contributed by atoms with van der Waals surface area (Å²) in [5.74, 6) is 0. The van der Waals surface area contributed by atoms with E-state index in [0.29, 0.717) is 6.04 Å². The third kappa shape index (κ3) is 3.05. The van der Waals surface area contributed by atoms with Crippen molar-refractivity contribution < 1.29 is 0 Å². The average Bonchev–Trinajstić information content (AvgIpc) is 2.76. The molecule has 86 valence electrons. The summed E-state index contributed by atoms with van der Waals surface area (Å²) in [6.45, 7) is 3.28. The van der Waals surface area contributed by atoms with Gasteiger partial charge in [-0.2, -0.15) is 5.26 Å². The van der Waals surface area contributed by atoms with Crippen LogP contribution in [0.2, 0.25) is 0 Å². The highest BCUT2D eigenvalue weighted by Gasteiger charge is 2.15. The number of nitriles is 1. The largest absolute Gasteiger partial charge is 0.309 e. The van der Waals surface area contributed by atoms with E-state index in [9.17, 15) is 0 Å². The highest BCUT2D eigenvalue weighted by atomic mass is 32.1. The molecule has 16 heavy (non-hydrogen) atoms. The molecule has 1 aromatic heterocycles. The Morgan fingerprint density at radius 1 is 1.56 bits per heavy atom. The fourth-order valence-corrected chi connectivity index (χ4v) is 2.75. The monoisotopic (exact) mass is 235 g/mol. The predicted octanol–water partition coefficient (Wildman–Crippen LogP) is 1.80. The third-order valence-corrected chi connectivity index (χ3v) is 4.00. The highest BCUT2D eigenvalue weighted by Crippen LogP contribution is 2.15. The molecule has 2 heterocycles. The minimum Gasteiger partial charge on any atom is -0.309 e. The summed E-state index contributed by atoms with van der Waals surface area (Å²) in [6, 6.07) is 4.79. The van der Waals surface area contributed by atoms with Crippen LogP contribution in [0.5, 0.6) is 0 Å². The minimum absolute atomic E-state index is 0.642. The zero-order chi connectivity index (χ0) is 11.4. The van der Waals surface area contributed by atoms with Crippen molar-refractivity contribution >= 4 is 11.3 Å². The molecule has 0 spiro atoms. The van der Waals surface area contributed by atoms with Gasteiger partial charge in [0.15, 0.2) is 0 Å². The Morgan fingerprint density at radius 3 is 2.94 bits per heavy atom. The van der Waals surface area contributed by atoms with Crippen LogP contribution in [0.1, 0.15) is 23.3 Å². The second-order valence-electron chi connectivity index (χ2n) is 4.37. The topological polar surface area (TPSA) is 39.1 Å². The van der Waals surface area contributed by atoms with Crippen molar-refractivity contribution in [2.45, 2.75) is 25.4 Å². The first kappa shape index (κ1) is 11.6. The van der Waals surface area contributed by atoms with Gasteiger partial charge in [-0.15, -0.1) is 11.3 Å². The normalized spacial score (nSPS) is 18.5. The summed E-state index contributed by atoms with van der Waals surface area (Å²) in [5.41, 5.74) is 0.783. The molecule has 4 heteroatoms. The molecule has 1 aromatic rings. The summed E-state index contributed by atoms with van der Waals surface area (Å²) < 4.78 is 0. The first-order chi connectivity index (χ1) is 7.78. The van der Waals surface area contributed by atoms with Gasteiger partial charge in [-0.05, 0) is 39.0 Å². The number of rotatable bonds is 3. The lowest BCUT2D eigenvalue weighted by Gasteiger charge is -2.29. The molecule has 1 fully saturated rings. The number of hydrogen-bond donors (Lipinski definition) is 1. The molecule has 2 rings (SSSR count). The first-order valence-corrected chi connectivity index (χ1v) is 6.55. The van der Waals surface area contributed by atoms with Crippen molar-refractivity contribution in [1.29, 1.82) is 5.26 Å². The number of piperidine rings is 1. The highest BCUT2D eigenvalue weighted by molar-refractivity contribution is 7.10. The quantitative estimate of drug-likeness (QED) is 0.868. The molecule has 1 saturated heterocycles. The number of thiophene rings is 1. The van der Waals surface area contributed by atoms with Crippen molar-refractivity contribution in [1.82, 2.24) is 10.2 Å². The summed E-state index contributed by atoms with van der Waals surface area (Å²) >= 11 is 1.67.